The zero-order valence-electron chi connectivity index (χ0n) is 7.93. The Morgan fingerprint density at radius 1 is 1.27 bits per heavy atom. The molecular weight excluding hydrogens is 276 g/mol. The lowest BCUT2D eigenvalue weighted by molar-refractivity contribution is 0.0352. The summed E-state index contributed by atoms with van der Waals surface area (Å²) in [5.74, 6) is 0. The van der Waals surface area contributed by atoms with Crippen molar-refractivity contribution in [1.82, 2.24) is 0 Å². The zero-order valence-corrected chi connectivity index (χ0v) is 10.3. The van der Waals surface area contributed by atoms with Crippen LogP contribution >= 0.6 is 27.3 Å². The fraction of sp³-hybridized carbons (Fsp3) is 0.273. The third kappa shape index (κ3) is 2.08. The standard InChI is InChI=1S/C11H11BrO2S/c12-6-9(13)11(14)8-2-1-3-10-7(8)4-5-15-10/h1-5,9,11,13-14H,6H2. The first-order valence-corrected chi connectivity index (χ1v) is 6.62. The number of thiophene rings is 1. The first-order chi connectivity index (χ1) is 7.24. The van der Waals surface area contributed by atoms with E-state index in [2.05, 4.69) is 15.9 Å². The molecular formula is C11H11BrO2S. The van der Waals surface area contributed by atoms with Gasteiger partial charge in [-0.2, -0.15) is 0 Å². The Balaban J connectivity index is 2.46. The largest absolute Gasteiger partial charge is 0.389 e. The fourth-order valence-electron chi connectivity index (χ4n) is 1.57. The SMILES string of the molecule is OC(CBr)C(O)c1cccc2sccc12. The quantitative estimate of drug-likeness (QED) is 0.852. The molecule has 0 spiro atoms. The third-order valence-corrected chi connectivity index (χ3v) is 3.92. The highest BCUT2D eigenvalue weighted by atomic mass is 79.9. The maximum Gasteiger partial charge on any atom is 0.106 e. The Kier molecular flexibility index (Phi) is 3.41. The van der Waals surface area contributed by atoms with Crippen molar-refractivity contribution < 1.29 is 10.2 Å². The van der Waals surface area contributed by atoms with Gasteiger partial charge in [-0.25, -0.2) is 0 Å². The number of aliphatic hydroxyl groups is 2. The summed E-state index contributed by atoms with van der Waals surface area (Å²) in [4.78, 5) is 0. The molecule has 0 fully saturated rings. The molecule has 0 amide bonds. The normalized spacial score (nSPS) is 15.4. The highest BCUT2D eigenvalue weighted by Gasteiger charge is 2.19. The molecule has 0 saturated carbocycles. The topological polar surface area (TPSA) is 40.5 Å². The number of benzene rings is 1. The van der Waals surface area contributed by atoms with Gasteiger partial charge in [-0.3, -0.25) is 0 Å². The molecule has 0 aliphatic heterocycles. The summed E-state index contributed by atoms with van der Waals surface area (Å²) < 4.78 is 1.13. The van der Waals surface area contributed by atoms with E-state index in [0.717, 1.165) is 15.6 Å². The molecule has 1 heterocycles. The van der Waals surface area contributed by atoms with Crippen LogP contribution in [0.1, 0.15) is 11.7 Å². The van der Waals surface area contributed by atoms with E-state index in [4.69, 9.17) is 0 Å². The van der Waals surface area contributed by atoms with Crippen LogP contribution in [-0.4, -0.2) is 21.6 Å². The molecule has 0 saturated heterocycles. The maximum absolute atomic E-state index is 9.93. The summed E-state index contributed by atoms with van der Waals surface area (Å²) in [6.45, 7) is 0. The highest BCUT2D eigenvalue weighted by Crippen LogP contribution is 2.29. The monoisotopic (exact) mass is 286 g/mol. The lowest BCUT2D eigenvalue weighted by Gasteiger charge is -2.16. The number of alkyl halides is 1. The van der Waals surface area contributed by atoms with Crippen LogP contribution < -0.4 is 0 Å². The van der Waals surface area contributed by atoms with Crippen molar-refractivity contribution in [2.45, 2.75) is 12.2 Å². The zero-order chi connectivity index (χ0) is 10.8. The number of rotatable bonds is 3. The molecule has 0 aliphatic carbocycles. The lowest BCUT2D eigenvalue weighted by atomic mass is 10.0. The van der Waals surface area contributed by atoms with Gasteiger partial charge in [-0.15, -0.1) is 11.3 Å². The second-order valence-corrected chi connectivity index (χ2v) is 4.94. The molecule has 0 aliphatic rings. The number of hydrogen-bond acceptors (Lipinski definition) is 3. The van der Waals surface area contributed by atoms with Gasteiger partial charge >= 0.3 is 0 Å². The summed E-state index contributed by atoms with van der Waals surface area (Å²) in [6, 6.07) is 7.74. The first kappa shape index (κ1) is 11.1. The molecule has 2 unspecified atom stereocenters. The van der Waals surface area contributed by atoms with Gasteiger partial charge in [0.2, 0.25) is 0 Å². The summed E-state index contributed by atoms with van der Waals surface area (Å²) in [7, 11) is 0. The van der Waals surface area contributed by atoms with Crippen molar-refractivity contribution in [2.75, 3.05) is 5.33 Å². The minimum atomic E-state index is -0.831. The summed E-state index contributed by atoms with van der Waals surface area (Å²) in [6.07, 6.45) is -1.60. The molecule has 4 heteroatoms. The smallest absolute Gasteiger partial charge is 0.106 e. The van der Waals surface area contributed by atoms with Gasteiger partial charge in [-0.05, 0) is 28.5 Å². The number of fused-ring (bicyclic) bond motifs is 1. The van der Waals surface area contributed by atoms with Gasteiger partial charge in [-0.1, -0.05) is 28.1 Å². The van der Waals surface area contributed by atoms with E-state index in [1.165, 1.54) is 0 Å². The van der Waals surface area contributed by atoms with E-state index >= 15 is 0 Å². The lowest BCUT2D eigenvalue weighted by Crippen LogP contribution is -2.19. The van der Waals surface area contributed by atoms with Crippen molar-refractivity contribution in [3.8, 4) is 0 Å². The Morgan fingerprint density at radius 3 is 2.80 bits per heavy atom. The van der Waals surface area contributed by atoms with Crippen LogP contribution in [0.5, 0.6) is 0 Å². The van der Waals surface area contributed by atoms with Crippen LogP contribution in [0.15, 0.2) is 29.6 Å². The van der Waals surface area contributed by atoms with Crippen LogP contribution in [0.2, 0.25) is 0 Å². The summed E-state index contributed by atoms with van der Waals surface area (Å²) in [5, 5.41) is 22.9. The van der Waals surface area contributed by atoms with E-state index in [1.807, 2.05) is 29.6 Å². The average molecular weight is 287 g/mol. The molecule has 2 aromatic rings. The Hall–Kier alpha value is -0.420. The molecule has 80 valence electrons. The molecule has 1 aromatic carbocycles. The molecule has 15 heavy (non-hydrogen) atoms. The Labute approximate surface area is 100 Å². The molecule has 2 nitrogen and oxygen atoms in total. The molecule has 1 aromatic heterocycles. The van der Waals surface area contributed by atoms with Gasteiger partial charge in [0.1, 0.15) is 6.10 Å². The van der Waals surface area contributed by atoms with Crippen LogP contribution in [-0.2, 0) is 0 Å². The predicted octanol–water partition coefficient (Wildman–Crippen LogP) is 2.69. The number of halogens is 1. The molecule has 2 rings (SSSR count). The van der Waals surface area contributed by atoms with Crippen LogP contribution in [0.25, 0.3) is 10.1 Å². The fourth-order valence-corrected chi connectivity index (χ4v) is 2.74. The van der Waals surface area contributed by atoms with Gasteiger partial charge in [0.15, 0.2) is 0 Å². The van der Waals surface area contributed by atoms with Gasteiger partial charge in [0.25, 0.3) is 0 Å². The van der Waals surface area contributed by atoms with Crippen molar-refractivity contribution in [3.05, 3.63) is 35.2 Å². The van der Waals surface area contributed by atoms with E-state index in [0.29, 0.717) is 5.33 Å². The minimum absolute atomic E-state index is 0.370. The van der Waals surface area contributed by atoms with Gasteiger partial charge in [0.05, 0.1) is 6.10 Å². The molecule has 0 radical (unpaired) electrons. The summed E-state index contributed by atoms with van der Waals surface area (Å²) in [5.41, 5.74) is 0.792. The van der Waals surface area contributed by atoms with Gasteiger partial charge in [0, 0.05) is 10.0 Å². The van der Waals surface area contributed by atoms with Crippen LogP contribution in [0.4, 0.5) is 0 Å². The van der Waals surface area contributed by atoms with E-state index < -0.39 is 12.2 Å². The maximum atomic E-state index is 9.93. The number of aliphatic hydroxyl groups excluding tert-OH is 2. The van der Waals surface area contributed by atoms with Crippen LogP contribution in [0, 0.1) is 0 Å². The Morgan fingerprint density at radius 2 is 2.07 bits per heavy atom. The van der Waals surface area contributed by atoms with Crippen molar-refractivity contribution in [1.29, 1.82) is 0 Å². The highest BCUT2D eigenvalue weighted by molar-refractivity contribution is 9.09. The van der Waals surface area contributed by atoms with Gasteiger partial charge < -0.3 is 10.2 Å². The molecule has 2 N–H and O–H groups in total. The minimum Gasteiger partial charge on any atom is -0.389 e. The first-order valence-electron chi connectivity index (χ1n) is 4.62. The van der Waals surface area contributed by atoms with Crippen LogP contribution in [0.3, 0.4) is 0 Å². The second-order valence-electron chi connectivity index (χ2n) is 3.35. The second kappa shape index (κ2) is 4.61. The van der Waals surface area contributed by atoms with Crippen molar-refractivity contribution in [3.63, 3.8) is 0 Å². The third-order valence-electron chi connectivity index (χ3n) is 2.37. The average Bonchev–Trinajstić information content (AvgIpc) is 2.74. The molecule has 0 bridgehead atoms. The number of hydrogen-bond donors (Lipinski definition) is 2. The molecule has 2 atom stereocenters. The van der Waals surface area contributed by atoms with E-state index in [1.54, 1.807) is 11.3 Å². The van der Waals surface area contributed by atoms with E-state index in [9.17, 15) is 10.2 Å². The Bertz CT molecular complexity index is 455. The van der Waals surface area contributed by atoms with E-state index in [-0.39, 0.29) is 0 Å². The van der Waals surface area contributed by atoms with Crippen molar-refractivity contribution >= 4 is 37.4 Å². The summed E-state index contributed by atoms with van der Waals surface area (Å²) >= 11 is 4.79. The van der Waals surface area contributed by atoms with Crippen molar-refractivity contribution in [2.24, 2.45) is 0 Å². The predicted molar refractivity (Wildman–Crippen MR) is 66.6 cm³/mol.